The highest BCUT2D eigenvalue weighted by atomic mass is 16.3. The molecule has 4 nitrogen and oxygen atoms in total. The lowest BCUT2D eigenvalue weighted by molar-refractivity contribution is -0.123. The van der Waals surface area contributed by atoms with Crippen molar-refractivity contribution >= 4 is 17.4 Å². The minimum Gasteiger partial charge on any atom is -0.503 e. The Morgan fingerprint density at radius 1 is 1.00 bits per heavy atom. The maximum atomic E-state index is 13.0. The first-order valence-corrected chi connectivity index (χ1v) is 8.65. The van der Waals surface area contributed by atoms with Gasteiger partial charge in [0, 0.05) is 11.1 Å². The van der Waals surface area contributed by atoms with Crippen LogP contribution in [-0.4, -0.2) is 16.8 Å². The van der Waals surface area contributed by atoms with E-state index in [0.717, 1.165) is 11.1 Å². The number of aliphatic hydroxyl groups excluding tert-OH is 1. The van der Waals surface area contributed by atoms with Gasteiger partial charge >= 0.3 is 0 Å². The van der Waals surface area contributed by atoms with Crippen LogP contribution in [0.1, 0.15) is 37.9 Å². The normalized spacial score (nSPS) is 17.8. The SMILES string of the molecule is Cc1ccc(N2C(=O)C(O)=C(C(=O)C(C)(C)C)C2c2ccccc2)cc1. The summed E-state index contributed by atoms with van der Waals surface area (Å²) in [5.41, 5.74) is 1.96. The van der Waals surface area contributed by atoms with Crippen LogP contribution in [0.15, 0.2) is 65.9 Å². The van der Waals surface area contributed by atoms with Crippen LogP contribution in [0.25, 0.3) is 0 Å². The maximum absolute atomic E-state index is 13.0. The third-order valence-electron chi connectivity index (χ3n) is 4.56. The van der Waals surface area contributed by atoms with E-state index in [1.165, 1.54) is 4.90 Å². The highest BCUT2D eigenvalue weighted by Crippen LogP contribution is 2.43. The first-order chi connectivity index (χ1) is 12.2. The van der Waals surface area contributed by atoms with E-state index in [9.17, 15) is 14.7 Å². The zero-order valence-corrected chi connectivity index (χ0v) is 15.5. The van der Waals surface area contributed by atoms with E-state index < -0.39 is 23.1 Å². The standard InChI is InChI=1S/C22H23NO3/c1-14-10-12-16(13-11-14)23-18(15-8-6-5-7-9-15)17(19(24)21(23)26)20(25)22(2,3)4/h5-13,18,24H,1-4H3. The van der Waals surface area contributed by atoms with Gasteiger partial charge in [-0.3, -0.25) is 14.5 Å². The number of rotatable bonds is 3. The smallest absolute Gasteiger partial charge is 0.294 e. The third-order valence-corrected chi connectivity index (χ3v) is 4.56. The monoisotopic (exact) mass is 349 g/mol. The van der Waals surface area contributed by atoms with E-state index >= 15 is 0 Å². The lowest BCUT2D eigenvalue weighted by Crippen LogP contribution is -2.32. The zero-order valence-electron chi connectivity index (χ0n) is 15.5. The molecule has 2 aromatic rings. The van der Waals surface area contributed by atoms with E-state index in [1.807, 2.05) is 61.5 Å². The van der Waals surface area contributed by atoms with E-state index in [2.05, 4.69) is 0 Å². The van der Waals surface area contributed by atoms with E-state index in [4.69, 9.17) is 0 Å². The zero-order chi connectivity index (χ0) is 19.1. The van der Waals surface area contributed by atoms with Crippen molar-refractivity contribution < 1.29 is 14.7 Å². The van der Waals surface area contributed by atoms with Gasteiger partial charge in [0.1, 0.15) is 0 Å². The highest BCUT2D eigenvalue weighted by molar-refractivity contribution is 6.17. The molecule has 0 bridgehead atoms. The van der Waals surface area contributed by atoms with Crippen molar-refractivity contribution in [3.8, 4) is 0 Å². The van der Waals surface area contributed by atoms with Crippen molar-refractivity contribution in [2.75, 3.05) is 4.90 Å². The molecule has 0 spiro atoms. The second kappa shape index (κ2) is 6.45. The van der Waals surface area contributed by atoms with Crippen LogP contribution in [0.5, 0.6) is 0 Å². The number of carbonyl (C=O) groups is 2. The molecule has 0 radical (unpaired) electrons. The number of benzene rings is 2. The Morgan fingerprint density at radius 2 is 1.58 bits per heavy atom. The van der Waals surface area contributed by atoms with Crippen molar-refractivity contribution in [2.24, 2.45) is 5.41 Å². The second-order valence-corrected chi connectivity index (χ2v) is 7.67. The minimum absolute atomic E-state index is 0.161. The number of Topliss-reactive ketones (excluding diaryl/α,β-unsaturated/α-hetero) is 1. The number of hydrogen-bond acceptors (Lipinski definition) is 3. The summed E-state index contributed by atoms with van der Waals surface area (Å²) in [5, 5.41) is 10.6. The Labute approximate surface area is 153 Å². The van der Waals surface area contributed by atoms with Crippen LogP contribution < -0.4 is 4.90 Å². The fourth-order valence-corrected chi connectivity index (χ4v) is 3.16. The number of carbonyl (C=O) groups excluding carboxylic acids is 2. The average molecular weight is 349 g/mol. The molecule has 134 valence electrons. The first-order valence-electron chi connectivity index (χ1n) is 8.65. The van der Waals surface area contributed by atoms with Crippen LogP contribution in [0.2, 0.25) is 0 Å². The summed E-state index contributed by atoms with van der Waals surface area (Å²) in [6, 6.07) is 16.2. The fourth-order valence-electron chi connectivity index (χ4n) is 3.16. The first kappa shape index (κ1) is 17.9. The molecule has 1 amide bonds. The summed E-state index contributed by atoms with van der Waals surface area (Å²) < 4.78 is 0. The number of ketones is 1. The number of nitrogens with zero attached hydrogens (tertiary/aromatic N) is 1. The van der Waals surface area contributed by atoms with Crippen LogP contribution in [0.3, 0.4) is 0 Å². The lowest BCUT2D eigenvalue weighted by atomic mass is 9.82. The summed E-state index contributed by atoms with van der Waals surface area (Å²) in [5.74, 6) is -1.23. The van der Waals surface area contributed by atoms with Crippen molar-refractivity contribution in [3.63, 3.8) is 0 Å². The van der Waals surface area contributed by atoms with Gasteiger partial charge in [-0.15, -0.1) is 0 Å². The van der Waals surface area contributed by atoms with Crippen LogP contribution in [0.4, 0.5) is 5.69 Å². The second-order valence-electron chi connectivity index (χ2n) is 7.67. The largest absolute Gasteiger partial charge is 0.503 e. The van der Waals surface area contributed by atoms with Gasteiger partial charge in [-0.25, -0.2) is 0 Å². The molecular formula is C22H23NO3. The van der Waals surface area contributed by atoms with Crippen LogP contribution >= 0.6 is 0 Å². The molecule has 0 saturated carbocycles. The fraction of sp³-hybridized carbons (Fsp3) is 0.273. The van der Waals surface area contributed by atoms with Gasteiger partial charge in [0.2, 0.25) is 0 Å². The van der Waals surface area contributed by atoms with E-state index in [-0.39, 0.29) is 11.4 Å². The quantitative estimate of drug-likeness (QED) is 0.887. The summed E-state index contributed by atoms with van der Waals surface area (Å²) in [6.45, 7) is 7.33. The molecule has 26 heavy (non-hydrogen) atoms. The summed E-state index contributed by atoms with van der Waals surface area (Å²) in [4.78, 5) is 27.4. The average Bonchev–Trinajstić information content (AvgIpc) is 2.86. The van der Waals surface area contributed by atoms with Crippen LogP contribution in [-0.2, 0) is 9.59 Å². The van der Waals surface area contributed by atoms with Gasteiger partial charge in [-0.1, -0.05) is 68.8 Å². The number of hydrogen-bond donors (Lipinski definition) is 1. The molecule has 0 saturated heterocycles. The predicted octanol–water partition coefficient (Wildman–Crippen LogP) is 4.51. The van der Waals surface area contributed by atoms with Gasteiger partial charge < -0.3 is 5.11 Å². The predicted molar refractivity (Wildman–Crippen MR) is 102 cm³/mol. The Morgan fingerprint density at radius 3 is 2.12 bits per heavy atom. The van der Waals surface area contributed by atoms with Gasteiger partial charge in [-0.05, 0) is 24.6 Å². The number of amides is 1. The molecule has 1 aliphatic heterocycles. The molecule has 2 aromatic carbocycles. The number of aliphatic hydroxyl groups is 1. The molecule has 1 heterocycles. The minimum atomic E-state index is -0.708. The topological polar surface area (TPSA) is 57.6 Å². The number of aryl methyl sites for hydroxylation is 1. The van der Waals surface area contributed by atoms with E-state index in [0.29, 0.717) is 5.69 Å². The molecule has 0 aliphatic carbocycles. The highest BCUT2D eigenvalue weighted by Gasteiger charge is 2.46. The number of anilines is 1. The molecule has 1 unspecified atom stereocenters. The Bertz CT molecular complexity index is 874. The van der Waals surface area contributed by atoms with Gasteiger partial charge in [-0.2, -0.15) is 0 Å². The molecule has 4 heteroatoms. The summed E-state index contributed by atoms with van der Waals surface area (Å²) in [7, 11) is 0. The Kier molecular flexibility index (Phi) is 4.45. The molecule has 1 aliphatic rings. The van der Waals surface area contributed by atoms with E-state index in [1.54, 1.807) is 20.8 Å². The lowest BCUT2D eigenvalue weighted by Gasteiger charge is -2.29. The van der Waals surface area contributed by atoms with Crippen molar-refractivity contribution in [2.45, 2.75) is 33.7 Å². The molecule has 0 fully saturated rings. The maximum Gasteiger partial charge on any atom is 0.294 e. The molecule has 1 atom stereocenters. The van der Waals surface area contributed by atoms with Gasteiger partial charge in [0.05, 0.1) is 11.6 Å². The molecule has 1 N–H and O–H groups in total. The summed E-state index contributed by atoms with van der Waals surface area (Å²) in [6.07, 6.45) is 0. The van der Waals surface area contributed by atoms with Crippen molar-refractivity contribution in [1.29, 1.82) is 0 Å². The van der Waals surface area contributed by atoms with Gasteiger partial charge in [0.25, 0.3) is 5.91 Å². The molecule has 3 rings (SSSR count). The molecule has 0 aromatic heterocycles. The van der Waals surface area contributed by atoms with Crippen LogP contribution in [0, 0.1) is 12.3 Å². The Hall–Kier alpha value is -2.88. The third kappa shape index (κ3) is 3.03. The molecular weight excluding hydrogens is 326 g/mol. The van der Waals surface area contributed by atoms with Gasteiger partial charge in [0.15, 0.2) is 11.5 Å². The Balaban J connectivity index is 2.19. The summed E-state index contributed by atoms with van der Waals surface area (Å²) >= 11 is 0. The van der Waals surface area contributed by atoms with Crippen molar-refractivity contribution in [1.82, 2.24) is 0 Å². The van der Waals surface area contributed by atoms with Crippen molar-refractivity contribution in [3.05, 3.63) is 77.1 Å².